The standard InChI is InChI=1S/C16H14O3/c1-16-10-6-9(15(16)19-16)11-12(10)14(18)8-5-3-2-4-7(8)13(11)17/h2-5,9-12,15H,6H2,1H3/t9-,10+,11-,12+,15-,16+/m0/s1. The number of hydrogen-bond acceptors (Lipinski definition) is 3. The number of carbonyl (C=O) groups excluding carboxylic acids is 2. The number of carbonyl (C=O) groups is 2. The maximum atomic E-state index is 12.7. The van der Waals surface area contributed by atoms with Crippen molar-refractivity contribution in [3.63, 3.8) is 0 Å². The zero-order valence-corrected chi connectivity index (χ0v) is 10.6. The van der Waals surface area contributed by atoms with Crippen LogP contribution in [0.1, 0.15) is 34.1 Å². The Bertz CT molecular complexity index is 649. The maximum absolute atomic E-state index is 12.7. The molecule has 0 aromatic heterocycles. The first-order valence-corrected chi connectivity index (χ1v) is 6.98. The molecular formula is C16H14O3. The lowest BCUT2D eigenvalue weighted by atomic mass is 9.65. The lowest BCUT2D eigenvalue weighted by Crippen LogP contribution is -2.45. The molecule has 96 valence electrons. The zero-order chi connectivity index (χ0) is 12.9. The number of ketones is 2. The predicted molar refractivity (Wildman–Crippen MR) is 67.0 cm³/mol. The maximum Gasteiger partial charge on any atom is 0.167 e. The van der Waals surface area contributed by atoms with Gasteiger partial charge in [0.2, 0.25) is 0 Å². The van der Waals surface area contributed by atoms with Gasteiger partial charge >= 0.3 is 0 Å². The second-order valence-electron chi connectivity index (χ2n) is 6.55. The minimum atomic E-state index is -0.129. The first kappa shape index (κ1) is 10.3. The highest BCUT2D eigenvalue weighted by Crippen LogP contribution is 2.69. The first-order chi connectivity index (χ1) is 9.13. The number of benzene rings is 1. The Kier molecular flexibility index (Phi) is 1.54. The third-order valence-electron chi connectivity index (χ3n) is 5.88. The van der Waals surface area contributed by atoms with E-state index in [2.05, 4.69) is 6.92 Å². The molecule has 5 rings (SSSR count). The van der Waals surface area contributed by atoms with Crippen LogP contribution in [-0.4, -0.2) is 23.3 Å². The van der Waals surface area contributed by atoms with Gasteiger partial charge in [0.25, 0.3) is 0 Å². The predicted octanol–water partition coefficient (Wildman–Crippen LogP) is 2.11. The van der Waals surface area contributed by atoms with E-state index in [1.807, 2.05) is 12.1 Å². The summed E-state index contributed by atoms with van der Waals surface area (Å²) in [5.41, 5.74) is 1.14. The summed E-state index contributed by atoms with van der Waals surface area (Å²) in [4.78, 5) is 25.4. The van der Waals surface area contributed by atoms with Crippen molar-refractivity contribution in [1.82, 2.24) is 0 Å². The van der Waals surface area contributed by atoms with E-state index in [4.69, 9.17) is 4.74 Å². The van der Waals surface area contributed by atoms with Crippen LogP contribution in [0.5, 0.6) is 0 Å². The zero-order valence-electron chi connectivity index (χ0n) is 10.6. The van der Waals surface area contributed by atoms with Crippen LogP contribution in [0.4, 0.5) is 0 Å². The molecule has 1 aromatic rings. The third-order valence-corrected chi connectivity index (χ3v) is 5.88. The first-order valence-electron chi connectivity index (χ1n) is 6.98. The Morgan fingerprint density at radius 1 is 1.11 bits per heavy atom. The van der Waals surface area contributed by atoms with E-state index in [1.54, 1.807) is 12.1 Å². The molecule has 1 aromatic carbocycles. The van der Waals surface area contributed by atoms with E-state index >= 15 is 0 Å². The minimum Gasteiger partial charge on any atom is -0.366 e. The molecule has 0 radical (unpaired) electrons. The second kappa shape index (κ2) is 2.83. The van der Waals surface area contributed by atoms with Gasteiger partial charge < -0.3 is 4.74 Å². The van der Waals surface area contributed by atoms with Crippen LogP contribution < -0.4 is 0 Å². The van der Waals surface area contributed by atoms with Crippen molar-refractivity contribution in [2.24, 2.45) is 23.7 Å². The van der Waals surface area contributed by atoms with Gasteiger partial charge in [-0.25, -0.2) is 0 Å². The van der Waals surface area contributed by atoms with Crippen molar-refractivity contribution >= 4 is 11.6 Å². The van der Waals surface area contributed by atoms with Crippen molar-refractivity contribution in [1.29, 1.82) is 0 Å². The lowest BCUT2D eigenvalue weighted by molar-refractivity contribution is 0.0656. The average molecular weight is 254 g/mol. The van der Waals surface area contributed by atoms with E-state index < -0.39 is 0 Å². The van der Waals surface area contributed by atoms with Crippen molar-refractivity contribution in [3.05, 3.63) is 35.4 Å². The number of rotatable bonds is 0. The smallest absolute Gasteiger partial charge is 0.167 e. The summed E-state index contributed by atoms with van der Waals surface area (Å²) in [5.74, 6) is 0.611. The van der Waals surface area contributed by atoms with Crippen LogP contribution in [0.2, 0.25) is 0 Å². The normalized spacial score (nSPS) is 48.8. The number of fused-ring (bicyclic) bond motifs is 9. The fraction of sp³-hybridized carbons (Fsp3) is 0.500. The summed E-state index contributed by atoms with van der Waals surface area (Å²) in [5, 5.41) is 0. The molecule has 19 heavy (non-hydrogen) atoms. The quantitative estimate of drug-likeness (QED) is 0.666. The summed E-state index contributed by atoms with van der Waals surface area (Å²) >= 11 is 0. The highest BCUT2D eigenvalue weighted by Gasteiger charge is 2.77. The molecule has 2 bridgehead atoms. The van der Waals surface area contributed by atoms with Crippen molar-refractivity contribution in [2.45, 2.75) is 25.0 Å². The fourth-order valence-electron chi connectivity index (χ4n) is 5.03. The molecule has 0 spiro atoms. The van der Waals surface area contributed by atoms with Crippen LogP contribution >= 0.6 is 0 Å². The van der Waals surface area contributed by atoms with Gasteiger partial charge in [-0.15, -0.1) is 0 Å². The molecule has 0 amide bonds. The summed E-state index contributed by atoms with van der Waals surface area (Å²) in [6.45, 7) is 2.11. The summed E-state index contributed by atoms with van der Waals surface area (Å²) < 4.78 is 5.81. The topological polar surface area (TPSA) is 46.7 Å². The van der Waals surface area contributed by atoms with Gasteiger partial charge in [0.1, 0.15) is 0 Å². The molecule has 1 heterocycles. The SMILES string of the molecule is C[C@]12O[C@H]1[C@H]1C[C@@H]2[C@H]2C(=O)c3ccccc3C(=O)[C@@H]12. The minimum absolute atomic E-state index is 0.117. The van der Waals surface area contributed by atoms with E-state index in [0.717, 1.165) is 6.42 Å². The number of ether oxygens (including phenoxy) is 1. The molecule has 3 fully saturated rings. The molecule has 2 saturated carbocycles. The number of hydrogen-bond donors (Lipinski definition) is 0. The van der Waals surface area contributed by atoms with Gasteiger partial charge in [0.05, 0.1) is 11.7 Å². The molecule has 3 aliphatic carbocycles. The molecular weight excluding hydrogens is 240 g/mol. The average Bonchev–Trinajstić information content (AvgIpc) is 2.87. The van der Waals surface area contributed by atoms with Crippen LogP contribution in [-0.2, 0) is 4.74 Å². The monoisotopic (exact) mass is 254 g/mol. The Morgan fingerprint density at radius 3 is 2.42 bits per heavy atom. The van der Waals surface area contributed by atoms with Gasteiger partial charge in [0, 0.05) is 28.9 Å². The lowest BCUT2D eigenvalue weighted by Gasteiger charge is -2.34. The molecule has 0 N–H and O–H groups in total. The van der Waals surface area contributed by atoms with Gasteiger partial charge in [-0.1, -0.05) is 24.3 Å². The van der Waals surface area contributed by atoms with E-state index in [1.165, 1.54) is 0 Å². The molecule has 1 aliphatic heterocycles. The Morgan fingerprint density at radius 2 is 1.74 bits per heavy atom. The second-order valence-corrected chi connectivity index (χ2v) is 6.55. The van der Waals surface area contributed by atoms with Crippen molar-refractivity contribution < 1.29 is 14.3 Å². The van der Waals surface area contributed by atoms with Crippen LogP contribution in [0.15, 0.2) is 24.3 Å². The highest BCUT2D eigenvalue weighted by molar-refractivity contribution is 6.16. The Balaban J connectivity index is 1.72. The summed E-state index contributed by atoms with van der Waals surface area (Å²) in [6.07, 6.45) is 1.21. The van der Waals surface area contributed by atoms with Crippen LogP contribution in [0.3, 0.4) is 0 Å². The van der Waals surface area contributed by atoms with Crippen LogP contribution in [0.25, 0.3) is 0 Å². The molecule has 4 aliphatic rings. The Hall–Kier alpha value is -1.48. The molecule has 1 saturated heterocycles. The van der Waals surface area contributed by atoms with E-state index in [0.29, 0.717) is 11.1 Å². The summed E-state index contributed by atoms with van der Waals surface area (Å²) in [6, 6.07) is 7.28. The number of epoxide rings is 1. The molecule has 3 nitrogen and oxygen atoms in total. The van der Waals surface area contributed by atoms with E-state index in [9.17, 15) is 9.59 Å². The van der Waals surface area contributed by atoms with Gasteiger partial charge in [0.15, 0.2) is 11.6 Å². The van der Waals surface area contributed by atoms with Crippen LogP contribution in [0, 0.1) is 23.7 Å². The van der Waals surface area contributed by atoms with Gasteiger partial charge in [-0.2, -0.15) is 0 Å². The third kappa shape index (κ3) is 0.951. The largest absolute Gasteiger partial charge is 0.366 e. The molecule has 0 unspecified atom stereocenters. The van der Waals surface area contributed by atoms with Crippen molar-refractivity contribution in [3.8, 4) is 0 Å². The summed E-state index contributed by atoms with van der Waals surface area (Å²) in [7, 11) is 0. The Labute approximate surface area is 110 Å². The number of Topliss-reactive ketones (excluding diaryl/α,β-unsaturated/α-hetero) is 2. The van der Waals surface area contributed by atoms with Crippen molar-refractivity contribution in [2.75, 3.05) is 0 Å². The van der Waals surface area contributed by atoms with Gasteiger partial charge in [-0.05, 0) is 19.3 Å². The fourth-order valence-corrected chi connectivity index (χ4v) is 5.03. The molecule has 6 atom stereocenters. The highest BCUT2D eigenvalue weighted by atomic mass is 16.6. The molecule has 3 heteroatoms. The van der Waals surface area contributed by atoms with Gasteiger partial charge in [-0.3, -0.25) is 9.59 Å². The van der Waals surface area contributed by atoms with E-state index in [-0.39, 0.29) is 46.9 Å².